The number of anilines is 1. The van der Waals surface area contributed by atoms with E-state index < -0.39 is 5.82 Å². The van der Waals surface area contributed by atoms with Crippen LogP contribution in [-0.2, 0) is 0 Å². The minimum atomic E-state index is -0.440. The zero-order valence-electron chi connectivity index (χ0n) is 9.15. The van der Waals surface area contributed by atoms with Crippen LogP contribution in [0.4, 0.5) is 10.1 Å². The second-order valence-electron chi connectivity index (χ2n) is 3.92. The van der Waals surface area contributed by atoms with Crippen molar-refractivity contribution in [3.05, 3.63) is 29.6 Å². The maximum Gasteiger partial charge on any atom is 0.155 e. The standard InChI is InChI=1S/C12H14FNOS/c1-14(9-5-6-16-8-9)12-4-2-3-11(13)10(12)7-15/h2-4,7,9H,5-6,8H2,1H3. The van der Waals surface area contributed by atoms with Gasteiger partial charge in [-0.3, -0.25) is 4.79 Å². The van der Waals surface area contributed by atoms with E-state index >= 15 is 0 Å². The third-order valence-electron chi connectivity index (χ3n) is 2.98. The fraction of sp³-hybridized carbons (Fsp3) is 0.417. The van der Waals surface area contributed by atoms with Gasteiger partial charge in [0.1, 0.15) is 5.82 Å². The molecule has 1 aromatic carbocycles. The molecule has 0 amide bonds. The van der Waals surface area contributed by atoms with E-state index in [1.54, 1.807) is 12.1 Å². The summed E-state index contributed by atoms with van der Waals surface area (Å²) in [4.78, 5) is 12.9. The van der Waals surface area contributed by atoms with Gasteiger partial charge >= 0.3 is 0 Å². The van der Waals surface area contributed by atoms with Crippen molar-refractivity contribution in [1.29, 1.82) is 0 Å². The van der Waals surface area contributed by atoms with Crippen molar-refractivity contribution in [3.8, 4) is 0 Å². The zero-order valence-corrected chi connectivity index (χ0v) is 9.97. The first-order valence-corrected chi connectivity index (χ1v) is 6.43. The molecular formula is C12H14FNOS. The van der Waals surface area contributed by atoms with Crippen LogP contribution in [0.3, 0.4) is 0 Å². The summed E-state index contributed by atoms with van der Waals surface area (Å²) < 4.78 is 13.4. The molecule has 16 heavy (non-hydrogen) atoms. The Balaban J connectivity index is 2.31. The first-order valence-electron chi connectivity index (χ1n) is 5.28. The Hall–Kier alpha value is -1.03. The summed E-state index contributed by atoms with van der Waals surface area (Å²) in [5, 5.41) is 0. The Morgan fingerprint density at radius 2 is 2.38 bits per heavy atom. The van der Waals surface area contributed by atoms with Gasteiger partial charge in [-0.15, -0.1) is 0 Å². The first-order chi connectivity index (χ1) is 7.74. The summed E-state index contributed by atoms with van der Waals surface area (Å²) >= 11 is 1.90. The lowest BCUT2D eigenvalue weighted by molar-refractivity contribution is 0.112. The van der Waals surface area contributed by atoms with Crippen LogP contribution >= 0.6 is 11.8 Å². The molecule has 4 heteroatoms. The topological polar surface area (TPSA) is 20.3 Å². The van der Waals surface area contributed by atoms with Crippen molar-refractivity contribution in [2.75, 3.05) is 23.5 Å². The van der Waals surface area contributed by atoms with Gasteiger partial charge in [-0.25, -0.2) is 4.39 Å². The first kappa shape index (κ1) is 11.5. The van der Waals surface area contributed by atoms with E-state index in [9.17, 15) is 9.18 Å². The number of nitrogens with zero attached hydrogens (tertiary/aromatic N) is 1. The molecule has 1 aliphatic heterocycles. The van der Waals surface area contributed by atoms with Gasteiger partial charge in [0.2, 0.25) is 0 Å². The number of carbonyl (C=O) groups is 1. The predicted octanol–water partition coefficient (Wildman–Crippen LogP) is 2.58. The van der Waals surface area contributed by atoms with Crippen molar-refractivity contribution in [1.82, 2.24) is 0 Å². The highest BCUT2D eigenvalue weighted by molar-refractivity contribution is 7.99. The van der Waals surface area contributed by atoms with Crippen LogP contribution in [0, 0.1) is 5.82 Å². The van der Waals surface area contributed by atoms with Crippen LogP contribution in [0.15, 0.2) is 18.2 Å². The highest BCUT2D eigenvalue weighted by Gasteiger charge is 2.22. The average molecular weight is 239 g/mol. The van der Waals surface area contributed by atoms with Gasteiger partial charge in [0.15, 0.2) is 6.29 Å². The van der Waals surface area contributed by atoms with E-state index in [1.807, 2.05) is 23.7 Å². The molecule has 2 rings (SSSR count). The molecular weight excluding hydrogens is 225 g/mol. The normalized spacial score (nSPS) is 19.8. The van der Waals surface area contributed by atoms with Gasteiger partial charge in [0.25, 0.3) is 0 Å². The highest BCUT2D eigenvalue weighted by Crippen LogP contribution is 2.28. The molecule has 1 aliphatic rings. The molecule has 0 spiro atoms. The summed E-state index contributed by atoms with van der Waals surface area (Å²) in [6.07, 6.45) is 1.69. The molecule has 86 valence electrons. The smallest absolute Gasteiger partial charge is 0.155 e. The molecule has 0 N–H and O–H groups in total. The minimum absolute atomic E-state index is 0.168. The SMILES string of the molecule is CN(c1cccc(F)c1C=O)C1CCSC1. The molecule has 2 nitrogen and oxygen atoms in total. The Kier molecular flexibility index (Phi) is 3.49. The molecule has 0 aromatic heterocycles. The number of rotatable bonds is 3. The third-order valence-corrected chi connectivity index (χ3v) is 4.13. The minimum Gasteiger partial charge on any atom is -0.370 e. The van der Waals surface area contributed by atoms with E-state index in [-0.39, 0.29) is 5.56 Å². The van der Waals surface area contributed by atoms with Crippen LogP contribution in [0.5, 0.6) is 0 Å². The van der Waals surface area contributed by atoms with Gasteiger partial charge in [0, 0.05) is 18.8 Å². The van der Waals surface area contributed by atoms with E-state index in [1.165, 1.54) is 6.07 Å². The van der Waals surface area contributed by atoms with Crippen LogP contribution in [0.2, 0.25) is 0 Å². The van der Waals surface area contributed by atoms with Crippen molar-refractivity contribution in [2.24, 2.45) is 0 Å². The fourth-order valence-corrected chi connectivity index (χ4v) is 3.24. The molecule has 1 saturated heterocycles. The number of thioether (sulfide) groups is 1. The lowest BCUT2D eigenvalue weighted by Crippen LogP contribution is -2.32. The summed E-state index contributed by atoms with van der Waals surface area (Å²) in [5.41, 5.74) is 0.865. The van der Waals surface area contributed by atoms with Crippen LogP contribution in [0.1, 0.15) is 16.8 Å². The summed E-state index contributed by atoms with van der Waals surface area (Å²) in [7, 11) is 1.93. The van der Waals surface area contributed by atoms with E-state index in [4.69, 9.17) is 0 Å². The number of carbonyl (C=O) groups excluding carboxylic acids is 1. The molecule has 0 aliphatic carbocycles. The number of halogens is 1. The number of hydrogen-bond donors (Lipinski definition) is 0. The zero-order chi connectivity index (χ0) is 11.5. The number of hydrogen-bond acceptors (Lipinski definition) is 3. The van der Waals surface area contributed by atoms with Gasteiger partial charge in [0.05, 0.1) is 11.3 Å². The summed E-state index contributed by atoms with van der Waals surface area (Å²) in [6.45, 7) is 0. The van der Waals surface area contributed by atoms with Crippen molar-refractivity contribution in [3.63, 3.8) is 0 Å². The van der Waals surface area contributed by atoms with Gasteiger partial charge < -0.3 is 4.90 Å². The molecule has 1 atom stereocenters. The lowest BCUT2D eigenvalue weighted by atomic mass is 10.1. The van der Waals surface area contributed by atoms with E-state index in [2.05, 4.69) is 0 Å². The fourth-order valence-electron chi connectivity index (χ4n) is 1.97. The lowest BCUT2D eigenvalue weighted by Gasteiger charge is -2.27. The van der Waals surface area contributed by atoms with Gasteiger partial charge in [-0.1, -0.05) is 6.07 Å². The van der Waals surface area contributed by atoms with Crippen LogP contribution in [-0.4, -0.2) is 30.9 Å². The van der Waals surface area contributed by atoms with Crippen molar-refractivity contribution < 1.29 is 9.18 Å². The monoisotopic (exact) mass is 239 g/mol. The number of benzene rings is 1. The van der Waals surface area contributed by atoms with Gasteiger partial charge in [-0.05, 0) is 24.3 Å². The predicted molar refractivity (Wildman–Crippen MR) is 65.9 cm³/mol. The second kappa shape index (κ2) is 4.87. The van der Waals surface area contributed by atoms with Crippen LogP contribution < -0.4 is 4.90 Å². The second-order valence-corrected chi connectivity index (χ2v) is 5.07. The van der Waals surface area contributed by atoms with Gasteiger partial charge in [-0.2, -0.15) is 11.8 Å². The molecule has 1 fully saturated rings. The molecule has 1 aromatic rings. The van der Waals surface area contributed by atoms with Crippen LogP contribution in [0.25, 0.3) is 0 Å². The number of aldehydes is 1. The Morgan fingerprint density at radius 1 is 1.56 bits per heavy atom. The van der Waals surface area contributed by atoms with Crippen molar-refractivity contribution >= 4 is 23.7 Å². The molecule has 0 bridgehead atoms. The maximum absolute atomic E-state index is 13.4. The molecule has 0 saturated carbocycles. The summed E-state index contributed by atoms with van der Waals surface area (Å²) in [6, 6.07) is 5.18. The van der Waals surface area contributed by atoms with Crippen molar-refractivity contribution in [2.45, 2.75) is 12.5 Å². The van der Waals surface area contributed by atoms with E-state index in [0.29, 0.717) is 18.0 Å². The summed E-state index contributed by atoms with van der Waals surface area (Å²) in [5.74, 6) is 1.75. The molecule has 1 unspecified atom stereocenters. The quantitative estimate of drug-likeness (QED) is 0.756. The Labute approximate surface area is 98.8 Å². The average Bonchev–Trinajstić information content (AvgIpc) is 2.81. The molecule has 0 radical (unpaired) electrons. The third kappa shape index (κ3) is 2.07. The Morgan fingerprint density at radius 3 is 3.00 bits per heavy atom. The Bertz CT molecular complexity index is 391. The maximum atomic E-state index is 13.4. The highest BCUT2D eigenvalue weighted by atomic mass is 32.2. The molecule has 1 heterocycles. The largest absolute Gasteiger partial charge is 0.370 e. The van der Waals surface area contributed by atoms with E-state index in [0.717, 1.165) is 17.9 Å².